The molecule has 0 spiro atoms. The van der Waals surface area contributed by atoms with Gasteiger partial charge >= 0.3 is 5.97 Å². The van der Waals surface area contributed by atoms with E-state index in [1.165, 1.54) is 0 Å². The van der Waals surface area contributed by atoms with Gasteiger partial charge in [-0.15, -0.1) is 0 Å². The lowest BCUT2D eigenvalue weighted by atomic mass is 9.73. The highest BCUT2D eigenvalue weighted by Crippen LogP contribution is 2.33. The molecule has 0 saturated carbocycles. The Labute approximate surface area is 199 Å². The highest BCUT2D eigenvalue weighted by atomic mass is 16.4. The van der Waals surface area contributed by atoms with E-state index in [1.54, 1.807) is 0 Å². The molecular formula is C27H44N2O4. The Balaban J connectivity index is 2.97. The van der Waals surface area contributed by atoms with Crippen LogP contribution in [0.4, 0.5) is 0 Å². The van der Waals surface area contributed by atoms with Crippen molar-refractivity contribution in [3.63, 3.8) is 0 Å². The lowest BCUT2D eigenvalue weighted by molar-refractivity contribution is -0.143. The third-order valence-corrected chi connectivity index (χ3v) is 6.13. The topological polar surface area (TPSA) is 109 Å². The lowest BCUT2D eigenvalue weighted by Gasteiger charge is -2.31. The van der Waals surface area contributed by atoms with E-state index in [9.17, 15) is 19.5 Å². The van der Waals surface area contributed by atoms with Gasteiger partial charge in [-0.3, -0.25) is 9.59 Å². The third-order valence-electron chi connectivity index (χ3n) is 6.13. The van der Waals surface area contributed by atoms with E-state index in [0.29, 0.717) is 13.0 Å². The van der Waals surface area contributed by atoms with E-state index >= 15 is 0 Å². The summed E-state index contributed by atoms with van der Waals surface area (Å²) >= 11 is 0. The van der Waals surface area contributed by atoms with Crippen LogP contribution in [-0.2, 0) is 20.8 Å². The van der Waals surface area contributed by atoms with Gasteiger partial charge in [-0.2, -0.15) is 0 Å². The maximum absolute atomic E-state index is 13.3. The molecule has 1 amide bonds. The monoisotopic (exact) mass is 460 g/mol. The summed E-state index contributed by atoms with van der Waals surface area (Å²) < 4.78 is 0. The number of nitrogens with two attached hydrogens (primary N) is 1. The minimum absolute atomic E-state index is 0.0748. The standard InChI is InChI=1S/C27H44N2O4/c1-18(2)15-21(17-24(30)22(27(4,5)6)9-7-8-14-28)25(31)29-23(26(32)33)16-20-12-10-19(3)11-13-20/h10-13,18,21-23H,7-9,14-17,28H2,1-6H3,(H,29,31)(H,32,33). The zero-order chi connectivity index (χ0) is 25.2. The van der Waals surface area contributed by atoms with E-state index in [1.807, 2.05) is 45.0 Å². The predicted octanol–water partition coefficient (Wildman–Crippen LogP) is 4.52. The van der Waals surface area contributed by atoms with E-state index in [2.05, 4.69) is 26.1 Å². The maximum Gasteiger partial charge on any atom is 0.326 e. The van der Waals surface area contributed by atoms with Crippen LogP contribution in [0.1, 0.15) is 77.8 Å². The van der Waals surface area contributed by atoms with E-state index in [-0.39, 0.29) is 41.8 Å². The fraction of sp³-hybridized carbons (Fsp3) is 0.667. The van der Waals surface area contributed by atoms with E-state index < -0.39 is 17.9 Å². The molecule has 0 aromatic heterocycles. The Morgan fingerprint density at radius 3 is 2.15 bits per heavy atom. The van der Waals surface area contributed by atoms with E-state index in [4.69, 9.17) is 5.73 Å². The summed E-state index contributed by atoms with van der Waals surface area (Å²) in [6, 6.07) is 6.57. The molecular weight excluding hydrogens is 416 g/mol. The summed E-state index contributed by atoms with van der Waals surface area (Å²) in [6.07, 6.45) is 3.37. The van der Waals surface area contributed by atoms with Gasteiger partial charge in [0.25, 0.3) is 0 Å². The number of carbonyl (C=O) groups is 3. The van der Waals surface area contributed by atoms with Crippen LogP contribution in [0.3, 0.4) is 0 Å². The van der Waals surface area contributed by atoms with Crippen molar-refractivity contribution in [3.05, 3.63) is 35.4 Å². The number of benzene rings is 1. The van der Waals surface area contributed by atoms with Gasteiger partial charge in [-0.1, -0.05) is 70.9 Å². The Morgan fingerprint density at radius 1 is 1.06 bits per heavy atom. The van der Waals surface area contributed by atoms with Gasteiger partial charge in [0, 0.05) is 24.7 Å². The molecule has 0 heterocycles. The first-order valence-corrected chi connectivity index (χ1v) is 12.2. The fourth-order valence-corrected chi connectivity index (χ4v) is 4.26. The number of unbranched alkanes of at least 4 members (excludes halogenated alkanes) is 1. The van der Waals surface area contributed by atoms with Crippen molar-refractivity contribution < 1.29 is 19.5 Å². The van der Waals surface area contributed by atoms with Crippen molar-refractivity contribution in [1.82, 2.24) is 5.32 Å². The molecule has 6 nitrogen and oxygen atoms in total. The number of rotatable bonds is 14. The van der Waals surface area contributed by atoms with Crippen LogP contribution >= 0.6 is 0 Å². The van der Waals surface area contributed by atoms with Crippen molar-refractivity contribution in [2.24, 2.45) is 28.9 Å². The second-order valence-electron chi connectivity index (χ2n) is 10.8. The van der Waals surface area contributed by atoms with Gasteiger partial charge in [0.1, 0.15) is 11.8 Å². The molecule has 0 radical (unpaired) electrons. The molecule has 3 atom stereocenters. The number of carboxylic acid groups (broad SMARTS) is 1. The van der Waals surface area contributed by atoms with Crippen molar-refractivity contribution in [3.8, 4) is 0 Å². The summed E-state index contributed by atoms with van der Waals surface area (Å²) in [5.41, 5.74) is 7.35. The number of carboxylic acids is 1. The molecule has 0 aliphatic carbocycles. The summed E-state index contributed by atoms with van der Waals surface area (Å²) in [7, 11) is 0. The predicted molar refractivity (Wildman–Crippen MR) is 133 cm³/mol. The number of hydrogen-bond acceptors (Lipinski definition) is 4. The first-order chi connectivity index (χ1) is 15.3. The number of aryl methyl sites for hydroxylation is 1. The molecule has 0 saturated heterocycles. The number of Topliss-reactive ketones (excluding diaryl/α,β-unsaturated/α-hetero) is 1. The van der Waals surface area contributed by atoms with Crippen LogP contribution in [-0.4, -0.2) is 35.4 Å². The van der Waals surface area contributed by atoms with Gasteiger partial charge in [-0.25, -0.2) is 4.79 Å². The largest absolute Gasteiger partial charge is 0.480 e. The maximum atomic E-state index is 13.3. The quantitative estimate of drug-likeness (QED) is 0.354. The zero-order valence-corrected chi connectivity index (χ0v) is 21.3. The van der Waals surface area contributed by atoms with Crippen molar-refractivity contribution in [1.29, 1.82) is 0 Å². The average molecular weight is 461 g/mol. The molecule has 186 valence electrons. The molecule has 0 fully saturated rings. The molecule has 1 aromatic rings. The lowest BCUT2D eigenvalue weighted by Crippen LogP contribution is -2.46. The van der Waals surface area contributed by atoms with Gasteiger partial charge in [0.05, 0.1) is 0 Å². The van der Waals surface area contributed by atoms with Crippen molar-refractivity contribution in [2.75, 3.05) is 6.54 Å². The minimum atomic E-state index is -1.08. The van der Waals surface area contributed by atoms with Crippen LogP contribution in [0, 0.1) is 30.1 Å². The van der Waals surface area contributed by atoms with Gasteiger partial charge in [0.15, 0.2) is 0 Å². The van der Waals surface area contributed by atoms with E-state index in [0.717, 1.165) is 30.4 Å². The van der Waals surface area contributed by atoms with Crippen LogP contribution in [0.2, 0.25) is 0 Å². The first kappa shape index (κ1) is 28.8. The number of nitrogens with one attached hydrogen (secondary N) is 1. The molecule has 3 unspecified atom stereocenters. The van der Waals surface area contributed by atoms with Crippen molar-refractivity contribution in [2.45, 2.75) is 86.1 Å². The molecule has 6 heteroatoms. The zero-order valence-electron chi connectivity index (χ0n) is 21.3. The number of hydrogen-bond donors (Lipinski definition) is 3. The molecule has 1 rings (SSSR count). The number of amides is 1. The number of aliphatic carboxylic acids is 1. The molecule has 1 aromatic carbocycles. The minimum Gasteiger partial charge on any atom is -0.480 e. The first-order valence-electron chi connectivity index (χ1n) is 12.2. The summed E-state index contributed by atoms with van der Waals surface area (Å²) in [6.45, 7) is 12.7. The van der Waals surface area contributed by atoms with Crippen molar-refractivity contribution >= 4 is 17.7 Å². The van der Waals surface area contributed by atoms with Gasteiger partial charge in [-0.05, 0) is 49.6 Å². The summed E-state index contributed by atoms with van der Waals surface area (Å²) in [5, 5.41) is 12.4. The molecule has 4 N–H and O–H groups in total. The van der Waals surface area contributed by atoms with Crippen LogP contribution in [0.15, 0.2) is 24.3 Å². The van der Waals surface area contributed by atoms with Crippen LogP contribution < -0.4 is 11.1 Å². The Hall–Kier alpha value is -2.21. The Morgan fingerprint density at radius 2 is 1.67 bits per heavy atom. The summed E-state index contributed by atoms with van der Waals surface area (Å²) in [4.78, 5) is 38.3. The smallest absolute Gasteiger partial charge is 0.326 e. The number of ketones is 1. The van der Waals surface area contributed by atoms with Gasteiger partial charge < -0.3 is 16.2 Å². The number of carbonyl (C=O) groups excluding carboxylic acids is 2. The van der Waals surface area contributed by atoms with Crippen LogP contribution in [0.5, 0.6) is 0 Å². The summed E-state index contributed by atoms with van der Waals surface area (Å²) in [5.74, 6) is -1.85. The SMILES string of the molecule is Cc1ccc(CC(NC(=O)C(CC(=O)C(CCCCN)C(C)(C)C)CC(C)C)C(=O)O)cc1. The highest BCUT2D eigenvalue weighted by Gasteiger charge is 2.34. The second-order valence-corrected chi connectivity index (χ2v) is 10.8. The Bertz CT molecular complexity index is 765. The van der Waals surface area contributed by atoms with Gasteiger partial charge in [0.2, 0.25) is 5.91 Å². The molecule has 0 aliphatic heterocycles. The normalized spacial score (nSPS) is 14.5. The van der Waals surface area contributed by atoms with Crippen LogP contribution in [0.25, 0.3) is 0 Å². The molecule has 0 bridgehead atoms. The fourth-order valence-electron chi connectivity index (χ4n) is 4.26. The average Bonchev–Trinajstić information content (AvgIpc) is 2.70. The molecule has 0 aliphatic rings. The molecule has 33 heavy (non-hydrogen) atoms. The third kappa shape index (κ3) is 10.5. The highest BCUT2D eigenvalue weighted by molar-refractivity contribution is 5.90. The Kier molecular flexibility index (Phi) is 11.8. The second kappa shape index (κ2) is 13.5.